The number of methoxy groups -OCH3 is 1. The minimum atomic E-state index is -0.624. The van der Waals surface area contributed by atoms with Gasteiger partial charge in [0.2, 0.25) is 0 Å². The molecule has 0 radical (unpaired) electrons. The molecule has 1 N–H and O–H groups in total. The smallest absolute Gasteiger partial charge is 0.276 e. The molecule has 29 heavy (non-hydrogen) atoms. The summed E-state index contributed by atoms with van der Waals surface area (Å²) in [6, 6.07) is 14.0. The van der Waals surface area contributed by atoms with Crippen molar-refractivity contribution in [3.8, 4) is 5.75 Å². The van der Waals surface area contributed by atoms with Crippen molar-refractivity contribution in [2.75, 3.05) is 12.4 Å². The fourth-order valence-corrected chi connectivity index (χ4v) is 2.64. The molecule has 3 aromatic rings. The van der Waals surface area contributed by atoms with Crippen molar-refractivity contribution in [3.05, 3.63) is 91.9 Å². The lowest BCUT2D eigenvalue weighted by Crippen LogP contribution is -2.26. The van der Waals surface area contributed by atoms with Crippen LogP contribution in [0.15, 0.2) is 59.4 Å². The van der Waals surface area contributed by atoms with Crippen molar-refractivity contribution < 1.29 is 14.5 Å². The SMILES string of the molecule is COc1ccc([N+](=O)[O-])cc1NC(=O)c1ccc(=O)n(Cc2ccc(C)cc2)n1. The largest absolute Gasteiger partial charge is 0.495 e. The highest BCUT2D eigenvalue weighted by molar-refractivity contribution is 6.03. The summed E-state index contributed by atoms with van der Waals surface area (Å²) in [5.41, 5.74) is 1.53. The molecule has 0 atom stereocenters. The number of nitrogens with one attached hydrogen (secondary N) is 1. The van der Waals surface area contributed by atoms with Gasteiger partial charge in [-0.05, 0) is 24.6 Å². The Hall–Kier alpha value is -4.01. The van der Waals surface area contributed by atoms with Crippen LogP contribution < -0.4 is 15.6 Å². The number of aryl methyl sites for hydroxylation is 1. The van der Waals surface area contributed by atoms with Crippen molar-refractivity contribution in [3.63, 3.8) is 0 Å². The monoisotopic (exact) mass is 394 g/mol. The molecule has 148 valence electrons. The van der Waals surface area contributed by atoms with Crippen LogP contribution in [0.4, 0.5) is 11.4 Å². The highest BCUT2D eigenvalue weighted by atomic mass is 16.6. The van der Waals surface area contributed by atoms with Crippen LogP contribution in [0, 0.1) is 17.0 Å². The maximum Gasteiger partial charge on any atom is 0.276 e. The van der Waals surface area contributed by atoms with E-state index in [1.165, 1.54) is 42.1 Å². The van der Waals surface area contributed by atoms with Crippen LogP contribution in [0.2, 0.25) is 0 Å². The first-order chi connectivity index (χ1) is 13.9. The molecule has 0 aliphatic rings. The predicted octanol–water partition coefficient (Wildman–Crippen LogP) is 2.77. The molecule has 0 saturated heterocycles. The molecular weight excluding hydrogens is 376 g/mol. The Morgan fingerprint density at radius 2 is 1.90 bits per heavy atom. The highest BCUT2D eigenvalue weighted by Crippen LogP contribution is 2.29. The van der Waals surface area contributed by atoms with Crippen LogP contribution in [0.25, 0.3) is 0 Å². The fourth-order valence-electron chi connectivity index (χ4n) is 2.64. The molecule has 9 heteroatoms. The van der Waals surface area contributed by atoms with Crippen LogP contribution >= 0.6 is 0 Å². The molecule has 0 aliphatic carbocycles. The van der Waals surface area contributed by atoms with Crippen LogP contribution in [-0.2, 0) is 6.54 Å². The standard InChI is InChI=1S/C20H18N4O5/c1-13-3-5-14(6-4-13)12-23-19(25)10-8-16(22-23)20(26)21-17-11-15(24(27)28)7-9-18(17)29-2/h3-11H,12H2,1-2H3,(H,21,26). The third-order valence-electron chi connectivity index (χ3n) is 4.19. The van der Waals surface area contributed by atoms with Gasteiger partial charge in [0.05, 0.1) is 24.3 Å². The zero-order valence-corrected chi connectivity index (χ0v) is 15.8. The van der Waals surface area contributed by atoms with Crippen LogP contribution in [0.3, 0.4) is 0 Å². The van der Waals surface area contributed by atoms with Gasteiger partial charge in [0.15, 0.2) is 0 Å². The maximum absolute atomic E-state index is 12.6. The summed E-state index contributed by atoms with van der Waals surface area (Å²) in [6.07, 6.45) is 0. The Morgan fingerprint density at radius 3 is 2.55 bits per heavy atom. The van der Waals surface area contributed by atoms with Gasteiger partial charge in [0, 0.05) is 18.2 Å². The molecule has 9 nitrogen and oxygen atoms in total. The van der Waals surface area contributed by atoms with E-state index in [1.54, 1.807) is 0 Å². The van der Waals surface area contributed by atoms with Crippen LogP contribution in [-0.4, -0.2) is 27.7 Å². The van der Waals surface area contributed by atoms with E-state index in [0.29, 0.717) is 0 Å². The van der Waals surface area contributed by atoms with Crippen LogP contribution in [0.5, 0.6) is 5.75 Å². The topological polar surface area (TPSA) is 116 Å². The number of amides is 1. The Labute approximate surface area is 165 Å². The molecule has 0 bridgehead atoms. The lowest BCUT2D eigenvalue weighted by Gasteiger charge is -2.11. The predicted molar refractivity (Wildman–Crippen MR) is 106 cm³/mol. The lowest BCUT2D eigenvalue weighted by molar-refractivity contribution is -0.384. The lowest BCUT2D eigenvalue weighted by atomic mass is 10.1. The number of hydrogen-bond acceptors (Lipinski definition) is 6. The third kappa shape index (κ3) is 4.64. The summed E-state index contributed by atoms with van der Waals surface area (Å²) < 4.78 is 6.32. The molecule has 0 fully saturated rings. The Kier molecular flexibility index (Phi) is 5.68. The first-order valence-corrected chi connectivity index (χ1v) is 8.65. The molecule has 2 aromatic carbocycles. The Bertz CT molecular complexity index is 1120. The number of hydrogen-bond donors (Lipinski definition) is 1. The minimum absolute atomic E-state index is 0.00901. The van der Waals surface area contributed by atoms with Gasteiger partial charge in [-0.25, -0.2) is 4.68 Å². The van der Waals surface area contributed by atoms with Gasteiger partial charge < -0.3 is 10.1 Å². The van der Waals surface area contributed by atoms with Gasteiger partial charge in [-0.2, -0.15) is 5.10 Å². The van der Waals surface area contributed by atoms with E-state index in [2.05, 4.69) is 10.4 Å². The number of benzene rings is 2. The van der Waals surface area contributed by atoms with Gasteiger partial charge in [0.25, 0.3) is 17.2 Å². The molecule has 3 rings (SSSR count). The second kappa shape index (κ2) is 8.34. The van der Waals surface area contributed by atoms with Crippen molar-refractivity contribution >= 4 is 17.3 Å². The average molecular weight is 394 g/mol. The number of nitro benzene ring substituents is 1. The zero-order valence-electron chi connectivity index (χ0n) is 15.8. The van der Waals surface area contributed by atoms with Gasteiger partial charge in [-0.15, -0.1) is 0 Å². The molecule has 1 heterocycles. The number of carbonyl (C=O) groups excluding carboxylic acids is 1. The van der Waals surface area contributed by atoms with Gasteiger partial charge in [-0.3, -0.25) is 19.7 Å². The number of carbonyl (C=O) groups is 1. The Balaban J connectivity index is 1.86. The van der Waals surface area contributed by atoms with Crippen molar-refractivity contribution in [1.29, 1.82) is 0 Å². The number of anilines is 1. The number of nitro groups is 1. The van der Waals surface area contributed by atoms with E-state index in [-0.39, 0.29) is 34.9 Å². The van der Waals surface area contributed by atoms with Gasteiger partial charge in [0.1, 0.15) is 11.4 Å². The Morgan fingerprint density at radius 1 is 1.17 bits per heavy atom. The number of nitrogens with zero attached hydrogens (tertiary/aromatic N) is 3. The van der Waals surface area contributed by atoms with Crippen molar-refractivity contribution in [2.24, 2.45) is 0 Å². The van der Waals surface area contributed by atoms with Crippen LogP contribution in [0.1, 0.15) is 21.6 Å². The molecule has 0 spiro atoms. The molecular formula is C20H18N4O5. The number of aromatic nitrogens is 2. The second-order valence-electron chi connectivity index (χ2n) is 6.30. The highest BCUT2D eigenvalue weighted by Gasteiger charge is 2.16. The molecule has 0 saturated carbocycles. The molecule has 0 unspecified atom stereocenters. The van der Waals surface area contributed by atoms with Crippen molar-refractivity contribution in [1.82, 2.24) is 9.78 Å². The fraction of sp³-hybridized carbons (Fsp3) is 0.150. The van der Waals surface area contributed by atoms with Gasteiger partial charge >= 0.3 is 0 Å². The second-order valence-corrected chi connectivity index (χ2v) is 6.30. The summed E-state index contributed by atoms with van der Waals surface area (Å²) in [6.45, 7) is 2.17. The van der Waals surface area contributed by atoms with E-state index < -0.39 is 10.8 Å². The first-order valence-electron chi connectivity index (χ1n) is 8.65. The van der Waals surface area contributed by atoms with Crippen molar-refractivity contribution in [2.45, 2.75) is 13.5 Å². The summed E-state index contributed by atoms with van der Waals surface area (Å²) in [5.74, 6) is -0.363. The third-order valence-corrected chi connectivity index (χ3v) is 4.19. The summed E-state index contributed by atoms with van der Waals surface area (Å²) in [7, 11) is 1.39. The zero-order chi connectivity index (χ0) is 21.0. The summed E-state index contributed by atoms with van der Waals surface area (Å²) >= 11 is 0. The molecule has 1 amide bonds. The minimum Gasteiger partial charge on any atom is -0.495 e. The molecule has 0 aliphatic heterocycles. The van der Waals surface area contributed by atoms with E-state index in [4.69, 9.17) is 4.74 Å². The normalized spacial score (nSPS) is 10.4. The van der Waals surface area contributed by atoms with E-state index >= 15 is 0 Å². The quantitative estimate of drug-likeness (QED) is 0.508. The summed E-state index contributed by atoms with van der Waals surface area (Å²) in [4.78, 5) is 35.1. The number of rotatable bonds is 6. The van der Waals surface area contributed by atoms with Gasteiger partial charge in [-0.1, -0.05) is 29.8 Å². The first kappa shape index (κ1) is 19.7. The van der Waals surface area contributed by atoms with E-state index in [9.17, 15) is 19.7 Å². The average Bonchev–Trinajstić information content (AvgIpc) is 2.71. The maximum atomic E-state index is 12.6. The summed E-state index contributed by atoms with van der Waals surface area (Å²) in [5, 5.41) is 17.6. The molecule has 1 aromatic heterocycles. The number of non-ortho nitro benzene ring substituents is 1. The van der Waals surface area contributed by atoms with E-state index in [0.717, 1.165) is 11.1 Å². The van der Waals surface area contributed by atoms with E-state index in [1.807, 2.05) is 31.2 Å². The number of ether oxygens (including phenoxy) is 1.